The van der Waals surface area contributed by atoms with E-state index in [-0.39, 0.29) is 17.0 Å². The fourth-order valence-electron chi connectivity index (χ4n) is 2.89. The number of hydrogen-bond donors (Lipinski definition) is 2. The third kappa shape index (κ3) is 3.16. The summed E-state index contributed by atoms with van der Waals surface area (Å²) in [5.41, 5.74) is 0.110. The smallest absolute Gasteiger partial charge is 0.354 e. The standard InChI is InChI=1S/C15H23NO4S2/c1-4-6-9(7-5-2)21-15-11(14(19)20)16-12(18)10(8(3)17)13(16)22-15/h8-10,13,17H,4-7H2,1-3H3,(H,19,20)/t8-,10+,13-/m1/s1. The molecular weight excluding hydrogens is 322 g/mol. The zero-order valence-electron chi connectivity index (χ0n) is 13.1. The van der Waals surface area contributed by atoms with E-state index in [1.807, 2.05) is 0 Å². The van der Waals surface area contributed by atoms with Crippen molar-refractivity contribution in [2.45, 2.75) is 63.2 Å². The highest BCUT2D eigenvalue weighted by atomic mass is 32.2. The molecule has 1 amide bonds. The van der Waals surface area contributed by atoms with Crippen LogP contribution in [0, 0.1) is 5.92 Å². The second-order valence-electron chi connectivity index (χ2n) is 5.74. The first-order valence-electron chi connectivity index (χ1n) is 7.74. The van der Waals surface area contributed by atoms with Crippen LogP contribution in [-0.2, 0) is 9.59 Å². The van der Waals surface area contributed by atoms with E-state index < -0.39 is 18.0 Å². The van der Waals surface area contributed by atoms with Crippen LogP contribution in [-0.4, -0.2) is 43.7 Å². The Labute approximate surface area is 139 Å². The van der Waals surface area contributed by atoms with Crippen molar-refractivity contribution in [1.29, 1.82) is 0 Å². The molecule has 0 saturated carbocycles. The van der Waals surface area contributed by atoms with Gasteiger partial charge >= 0.3 is 5.97 Å². The molecule has 0 aromatic carbocycles. The second kappa shape index (κ2) is 7.27. The molecule has 7 heteroatoms. The number of β-lactam (4-membered cyclic amide) rings is 1. The summed E-state index contributed by atoms with van der Waals surface area (Å²) in [5.74, 6) is -1.82. The number of aliphatic hydroxyl groups is 1. The lowest BCUT2D eigenvalue weighted by Crippen LogP contribution is -2.60. The van der Waals surface area contributed by atoms with Crippen molar-refractivity contribution in [2.75, 3.05) is 0 Å². The van der Waals surface area contributed by atoms with Gasteiger partial charge in [-0.15, -0.1) is 11.8 Å². The molecule has 124 valence electrons. The summed E-state index contributed by atoms with van der Waals surface area (Å²) in [4.78, 5) is 25.1. The summed E-state index contributed by atoms with van der Waals surface area (Å²) < 4.78 is 0.723. The van der Waals surface area contributed by atoms with E-state index in [1.165, 1.54) is 16.7 Å². The molecule has 5 nitrogen and oxygen atoms in total. The number of carbonyl (C=O) groups excluding carboxylic acids is 1. The minimum atomic E-state index is -1.05. The van der Waals surface area contributed by atoms with Gasteiger partial charge in [-0.05, 0) is 19.8 Å². The molecule has 1 fully saturated rings. The number of thioether (sulfide) groups is 2. The zero-order valence-corrected chi connectivity index (χ0v) is 14.7. The first kappa shape index (κ1) is 17.7. The molecule has 2 aliphatic rings. The summed E-state index contributed by atoms with van der Waals surface area (Å²) in [6, 6.07) is 0. The number of carboxylic acid groups (broad SMARTS) is 1. The maximum atomic E-state index is 12.1. The number of hydrogen-bond acceptors (Lipinski definition) is 5. The Hall–Kier alpha value is -0.660. The summed E-state index contributed by atoms with van der Waals surface area (Å²) in [6.07, 6.45) is 3.44. The van der Waals surface area contributed by atoms with E-state index in [0.29, 0.717) is 5.25 Å². The van der Waals surface area contributed by atoms with E-state index in [1.54, 1.807) is 18.7 Å². The highest BCUT2D eigenvalue weighted by Gasteiger charge is 2.57. The van der Waals surface area contributed by atoms with E-state index in [0.717, 1.165) is 29.9 Å². The van der Waals surface area contributed by atoms with Gasteiger partial charge < -0.3 is 10.2 Å². The molecule has 0 bridgehead atoms. The largest absolute Gasteiger partial charge is 0.477 e. The van der Waals surface area contributed by atoms with Crippen LogP contribution < -0.4 is 0 Å². The second-order valence-corrected chi connectivity index (χ2v) is 8.44. The van der Waals surface area contributed by atoms with Gasteiger partial charge in [-0.2, -0.15) is 0 Å². The number of nitrogens with zero attached hydrogens (tertiary/aromatic N) is 1. The van der Waals surface area contributed by atoms with Gasteiger partial charge in [-0.1, -0.05) is 38.5 Å². The van der Waals surface area contributed by atoms with Crippen LogP contribution in [0.4, 0.5) is 0 Å². The van der Waals surface area contributed by atoms with Gasteiger partial charge in [0.05, 0.1) is 16.3 Å². The number of rotatable bonds is 8. The van der Waals surface area contributed by atoms with Crippen LogP contribution in [0.5, 0.6) is 0 Å². The van der Waals surface area contributed by atoms with Crippen molar-refractivity contribution in [3.05, 3.63) is 9.93 Å². The number of fused-ring (bicyclic) bond motifs is 1. The van der Waals surface area contributed by atoms with E-state index in [9.17, 15) is 19.8 Å². The summed E-state index contributed by atoms with van der Waals surface area (Å²) in [5, 5.41) is 19.3. The fraction of sp³-hybridized carbons (Fsp3) is 0.733. The van der Waals surface area contributed by atoms with E-state index >= 15 is 0 Å². The molecule has 0 aromatic rings. The minimum absolute atomic E-state index is 0.110. The summed E-state index contributed by atoms with van der Waals surface area (Å²) >= 11 is 3.01. The Balaban J connectivity index is 2.19. The molecule has 1 saturated heterocycles. The normalized spacial score (nSPS) is 25.5. The lowest BCUT2D eigenvalue weighted by Gasteiger charge is -2.43. The van der Waals surface area contributed by atoms with Crippen molar-refractivity contribution < 1.29 is 19.8 Å². The predicted molar refractivity (Wildman–Crippen MR) is 89.3 cm³/mol. The van der Waals surface area contributed by atoms with Crippen LogP contribution in [0.1, 0.15) is 46.5 Å². The Kier molecular flexibility index (Phi) is 5.85. The van der Waals surface area contributed by atoms with Crippen LogP contribution in [0.3, 0.4) is 0 Å². The molecule has 2 rings (SSSR count). The molecular formula is C15H23NO4S2. The van der Waals surface area contributed by atoms with Gasteiger partial charge in [0.15, 0.2) is 5.70 Å². The van der Waals surface area contributed by atoms with Gasteiger partial charge in [-0.3, -0.25) is 9.69 Å². The first-order chi connectivity index (χ1) is 10.4. The Morgan fingerprint density at radius 1 is 1.36 bits per heavy atom. The number of amides is 1. The Morgan fingerprint density at radius 2 is 1.95 bits per heavy atom. The van der Waals surface area contributed by atoms with Crippen molar-refractivity contribution in [3.63, 3.8) is 0 Å². The quantitative estimate of drug-likeness (QED) is 0.659. The topological polar surface area (TPSA) is 77.8 Å². The third-order valence-electron chi connectivity index (χ3n) is 3.96. The molecule has 2 aliphatic heterocycles. The summed E-state index contributed by atoms with van der Waals surface area (Å²) in [7, 11) is 0. The van der Waals surface area contributed by atoms with Crippen molar-refractivity contribution in [1.82, 2.24) is 4.90 Å². The maximum absolute atomic E-state index is 12.1. The van der Waals surface area contributed by atoms with Gasteiger partial charge in [-0.25, -0.2) is 4.79 Å². The zero-order chi connectivity index (χ0) is 16.4. The van der Waals surface area contributed by atoms with E-state index in [2.05, 4.69) is 13.8 Å². The molecule has 0 spiro atoms. The molecule has 0 aromatic heterocycles. The fourth-order valence-corrected chi connectivity index (χ4v) is 6.44. The number of aliphatic carboxylic acids is 1. The van der Waals surface area contributed by atoms with Gasteiger partial charge in [0.2, 0.25) is 5.91 Å². The Bertz CT molecular complexity index is 486. The number of carboxylic acids is 1. The first-order valence-corrected chi connectivity index (χ1v) is 9.50. The highest BCUT2D eigenvalue weighted by Crippen LogP contribution is 2.55. The monoisotopic (exact) mass is 345 g/mol. The average Bonchev–Trinajstić information content (AvgIpc) is 2.73. The lowest BCUT2D eigenvalue weighted by molar-refractivity contribution is -0.156. The molecule has 0 unspecified atom stereocenters. The third-order valence-corrected chi connectivity index (χ3v) is 6.91. The van der Waals surface area contributed by atoms with Gasteiger partial charge in [0.25, 0.3) is 0 Å². The molecule has 0 radical (unpaired) electrons. The van der Waals surface area contributed by atoms with Crippen molar-refractivity contribution in [3.8, 4) is 0 Å². The van der Waals surface area contributed by atoms with Crippen LogP contribution >= 0.6 is 23.5 Å². The van der Waals surface area contributed by atoms with Gasteiger partial charge in [0.1, 0.15) is 5.37 Å². The minimum Gasteiger partial charge on any atom is -0.477 e. The molecule has 2 N–H and O–H groups in total. The van der Waals surface area contributed by atoms with E-state index in [4.69, 9.17) is 0 Å². The summed E-state index contributed by atoms with van der Waals surface area (Å²) in [6.45, 7) is 5.83. The Morgan fingerprint density at radius 3 is 2.41 bits per heavy atom. The number of carbonyl (C=O) groups is 2. The molecule has 3 atom stereocenters. The lowest BCUT2D eigenvalue weighted by atomic mass is 9.92. The maximum Gasteiger partial charge on any atom is 0.354 e. The predicted octanol–water partition coefficient (Wildman–Crippen LogP) is 2.85. The van der Waals surface area contributed by atoms with Crippen LogP contribution in [0.2, 0.25) is 0 Å². The molecule has 0 aliphatic carbocycles. The molecule has 2 heterocycles. The van der Waals surface area contributed by atoms with Crippen molar-refractivity contribution in [2.24, 2.45) is 5.92 Å². The van der Waals surface area contributed by atoms with Crippen LogP contribution in [0.25, 0.3) is 0 Å². The average molecular weight is 345 g/mol. The van der Waals surface area contributed by atoms with Crippen LogP contribution in [0.15, 0.2) is 9.93 Å². The highest BCUT2D eigenvalue weighted by molar-refractivity contribution is 8.23. The van der Waals surface area contributed by atoms with Crippen molar-refractivity contribution >= 4 is 35.4 Å². The molecule has 22 heavy (non-hydrogen) atoms. The van der Waals surface area contributed by atoms with Gasteiger partial charge in [0, 0.05) is 5.25 Å². The number of aliphatic hydroxyl groups excluding tert-OH is 1. The SMILES string of the molecule is CCCC(CCC)SC1=C(C(=O)O)N2C(=O)[C@H]([C@@H](C)O)[C@H]2S1.